The second kappa shape index (κ2) is 5.65. The highest BCUT2D eigenvalue weighted by molar-refractivity contribution is 6.30. The number of halogens is 4. The number of carbonyl (C=O) groups is 1. The number of hydrogen-bond acceptors (Lipinski definition) is 2. The second-order valence-electron chi connectivity index (χ2n) is 4.26. The van der Waals surface area contributed by atoms with Crippen LogP contribution in [0.1, 0.15) is 15.9 Å². The van der Waals surface area contributed by atoms with E-state index in [9.17, 15) is 18.0 Å². The summed E-state index contributed by atoms with van der Waals surface area (Å²) in [5.41, 5.74) is 4.78. The van der Waals surface area contributed by atoms with Crippen LogP contribution in [0, 0.1) is 0 Å². The molecule has 0 atom stereocenters. The van der Waals surface area contributed by atoms with Crippen molar-refractivity contribution in [3.05, 3.63) is 58.6 Å². The topological polar surface area (TPSA) is 55.1 Å². The second-order valence-corrected chi connectivity index (χ2v) is 4.70. The maximum atomic E-state index is 12.9. The summed E-state index contributed by atoms with van der Waals surface area (Å²) in [5.74, 6) is -0.664. The first-order valence-electron chi connectivity index (χ1n) is 5.81. The van der Waals surface area contributed by atoms with Crippen molar-refractivity contribution in [1.29, 1.82) is 0 Å². The number of nitrogens with two attached hydrogens (primary N) is 1. The van der Waals surface area contributed by atoms with E-state index in [2.05, 4.69) is 5.32 Å². The molecule has 7 heteroatoms. The van der Waals surface area contributed by atoms with Gasteiger partial charge in [-0.3, -0.25) is 4.79 Å². The molecule has 0 bridgehead atoms. The van der Waals surface area contributed by atoms with Crippen LogP contribution >= 0.6 is 11.6 Å². The number of amides is 1. The van der Waals surface area contributed by atoms with Crippen molar-refractivity contribution in [2.75, 3.05) is 11.1 Å². The summed E-state index contributed by atoms with van der Waals surface area (Å²) in [7, 11) is 0. The summed E-state index contributed by atoms with van der Waals surface area (Å²) >= 11 is 5.57. The van der Waals surface area contributed by atoms with Crippen LogP contribution in [0.5, 0.6) is 0 Å². The summed E-state index contributed by atoms with van der Waals surface area (Å²) in [6, 6.07) is 8.97. The van der Waals surface area contributed by atoms with Gasteiger partial charge in [0.1, 0.15) is 0 Å². The molecule has 110 valence electrons. The zero-order valence-electron chi connectivity index (χ0n) is 10.5. The molecule has 0 radical (unpaired) electrons. The third-order valence-electron chi connectivity index (χ3n) is 2.71. The van der Waals surface area contributed by atoms with Gasteiger partial charge >= 0.3 is 6.18 Å². The van der Waals surface area contributed by atoms with E-state index in [4.69, 9.17) is 17.3 Å². The van der Waals surface area contributed by atoms with Crippen LogP contribution in [0.25, 0.3) is 0 Å². The van der Waals surface area contributed by atoms with E-state index in [1.807, 2.05) is 0 Å². The molecule has 0 aliphatic carbocycles. The minimum absolute atomic E-state index is 0.0622. The average molecular weight is 315 g/mol. The molecule has 3 nitrogen and oxygen atoms in total. The lowest BCUT2D eigenvalue weighted by atomic mass is 10.1. The van der Waals surface area contributed by atoms with Crippen LogP contribution in [0.15, 0.2) is 42.5 Å². The number of anilines is 2. The van der Waals surface area contributed by atoms with Crippen LogP contribution in [0.2, 0.25) is 5.02 Å². The van der Waals surface area contributed by atoms with Gasteiger partial charge in [-0.15, -0.1) is 0 Å². The third kappa shape index (κ3) is 3.66. The van der Waals surface area contributed by atoms with E-state index in [1.165, 1.54) is 30.3 Å². The zero-order valence-corrected chi connectivity index (χ0v) is 11.3. The summed E-state index contributed by atoms with van der Waals surface area (Å²) in [6.45, 7) is 0. The summed E-state index contributed by atoms with van der Waals surface area (Å²) < 4.78 is 38.7. The molecule has 2 aromatic rings. The minimum atomic E-state index is -4.62. The largest absolute Gasteiger partial charge is 0.418 e. The molecule has 0 unspecified atom stereocenters. The van der Waals surface area contributed by atoms with E-state index in [0.717, 1.165) is 12.1 Å². The van der Waals surface area contributed by atoms with Gasteiger partial charge in [0.05, 0.1) is 11.3 Å². The first kappa shape index (κ1) is 15.2. The van der Waals surface area contributed by atoms with Crippen LogP contribution in [0.4, 0.5) is 24.5 Å². The highest BCUT2D eigenvalue weighted by Gasteiger charge is 2.34. The van der Waals surface area contributed by atoms with Gasteiger partial charge in [0.2, 0.25) is 0 Å². The van der Waals surface area contributed by atoms with Gasteiger partial charge in [-0.05, 0) is 42.5 Å². The molecule has 2 aromatic carbocycles. The van der Waals surface area contributed by atoms with E-state index in [1.54, 1.807) is 0 Å². The van der Waals surface area contributed by atoms with Crippen LogP contribution < -0.4 is 11.1 Å². The number of rotatable bonds is 2. The van der Waals surface area contributed by atoms with Gasteiger partial charge in [0, 0.05) is 16.3 Å². The first-order valence-corrected chi connectivity index (χ1v) is 6.19. The van der Waals surface area contributed by atoms with Crippen molar-refractivity contribution in [2.24, 2.45) is 0 Å². The summed E-state index contributed by atoms with van der Waals surface area (Å²) in [5, 5.41) is 2.16. The van der Waals surface area contributed by atoms with Crippen LogP contribution in [-0.2, 0) is 6.18 Å². The monoisotopic (exact) mass is 314 g/mol. The standard InChI is InChI=1S/C14H10ClF3N2O/c15-9-3-6-12(11(7-9)14(16,17)18)20-13(21)8-1-4-10(19)5-2-8/h1-7H,19H2,(H,20,21). The molecule has 0 saturated heterocycles. The van der Waals surface area contributed by atoms with Crippen molar-refractivity contribution in [3.63, 3.8) is 0 Å². The van der Waals surface area contributed by atoms with Crippen molar-refractivity contribution in [1.82, 2.24) is 0 Å². The third-order valence-corrected chi connectivity index (χ3v) is 2.94. The molecule has 21 heavy (non-hydrogen) atoms. The molecule has 3 N–H and O–H groups in total. The molecule has 0 heterocycles. The fraction of sp³-hybridized carbons (Fsp3) is 0.0714. The fourth-order valence-corrected chi connectivity index (χ4v) is 1.86. The molecule has 0 aromatic heterocycles. The maximum Gasteiger partial charge on any atom is 0.418 e. The Kier molecular flexibility index (Phi) is 4.09. The van der Waals surface area contributed by atoms with E-state index in [0.29, 0.717) is 5.69 Å². The first-order chi connectivity index (χ1) is 9.77. The molecule has 0 fully saturated rings. The predicted octanol–water partition coefficient (Wildman–Crippen LogP) is 4.19. The average Bonchev–Trinajstić information content (AvgIpc) is 2.40. The number of hydrogen-bond donors (Lipinski definition) is 2. The van der Waals surface area contributed by atoms with Gasteiger partial charge in [-0.2, -0.15) is 13.2 Å². The normalized spacial score (nSPS) is 11.2. The van der Waals surface area contributed by atoms with Crippen LogP contribution in [-0.4, -0.2) is 5.91 Å². The van der Waals surface area contributed by atoms with E-state index < -0.39 is 17.6 Å². The highest BCUT2D eigenvalue weighted by atomic mass is 35.5. The smallest absolute Gasteiger partial charge is 0.399 e. The van der Waals surface area contributed by atoms with Crippen molar-refractivity contribution in [3.8, 4) is 0 Å². The van der Waals surface area contributed by atoms with Gasteiger partial charge in [-0.1, -0.05) is 11.6 Å². The quantitative estimate of drug-likeness (QED) is 0.816. The molecule has 2 rings (SSSR count). The van der Waals surface area contributed by atoms with E-state index in [-0.39, 0.29) is 16.3 Å². The maximum absolute atomic E-state index is 12.9. The van der Waals surface area contributed by atoms with Crippen molar-refractivity contribution in [2.45, 2.75) is 6.18 Å². The van der Waals surface area contributed by atoms with Gasteiger partial charge < -0.3 is 11.1 Å². The molecule has 0 aliphatic heterocycles. The van der Waals surface area contributed by atoms with Gasteiger partial charge in [-0.25, -0.2) is 0 Å². The van der Waals surface area contributed by atoms with Crippen molar-refractivity contribution < 1.29 is 18.0 Å². The number of nitrogen functional groups attached to an aromatic ring is 1. The molecular weight excluding hydrogens is 305 g/mol. The van der Waals surface area contributed by atoms with Gasteiger partial charge in [0.15, 0.2) is 0 Å². The molecule has 1 amide bonds. The Morgan fingerprint density at radius 3 is 2.29 bits per heavy atom. The van der Waals surface area contributed by atoms with Crippen LogP contribution in [0.3, 0.4) is 0 Å². The Bertz CT molecular complexity index is 669. The summed E-state index contributed by atoms with van der Waals surface area (Å²) in [4.78, 5) is 11.9. The minimum Gasteiger partial charge on any atom is -0.399 e. The van der Waals surface area contributed by atoms with E-state index >= 15 is 0 Å². The molecule has 0 saturated carbocycles. The number of alkyl halides is 3. The van der Waals surface area contributed by atoms with Crippen molar-refractivity contribution >= 4 is 28.9 Å². The van der Waals surface area contributed by atoms with Gasteiger partial charge in [0.25, 0.3) is 5.91 Å². The predicted molar refractivity (Wildman–Crippen MR) is 75.3 cm³/mol. The lowest BCUT2D eigenvalue weighted by molar-refractivity contribution is -0.136. The molecular formula is C14H10ClF3N2O. The SMILES string of the molecule is Nc1ccc(C(=O)Nc2ccc(Cl)cc2C(F)(F)F)cc1. The Morgan fingerprint density at radius 2 is 1.71 bits per heavy atom. The zero-order chi connectivity index (χ0) is 15.6. The lowest BCUT2D eigenvalue weighted by Crippen LogP contribution is -2.16. The Morgan fingerprint density at radius 1 is 1.10 bits per heavy atom. The Balaban J connectivity index is 2.31. The Hall–Kier alpha value is -2.21. The highest BCUT2D eigenvalue weighted by Crippen LogP contribution is 2.36. The fourth-order valence-electron chi connectivity index (χ4n) is 1.69. The Labute approximate surface area is 123 Å². The lowest BCUT2D eigenvalue weighted by Gasteiger charge is -2.14. The summed E-state index contributed by atoms with van der Waals surface area (Å²) in [6.07, 6.45) is -4.62. The molecule has 0 spiro atoms. The molecule has 0 aliphatic rings. The number of nitrogens with one attached hydrogen (secondary N) is 1. The number of carbonyl (C=O) groups excluding carboxylic acids is 1. The number of benzene rings is 2.